The average molecular weight is 274 g/mol. The fourth-order valence-corrected chi connectivity index (χ4v) is 1.31. The number of ether oxygens (including phenoxy) is 1. The maximum atomic E-state index is 5.42. The van der Waals surface area contributed by atoms with Crippen LogP contribution in [0.1, 0.15) is 5.56 Å². The summed E-state index contributed by atoms with van der Waals surface area (Å²) in [5.74, 6) is 0.772. The first-order valence-corrected chi connectivity index (χ1v) is 5.70. The van der Waals surface area contributed by atoms with Crippen molar-refractivity contribution in [2.45, 2.75) is 5.33 Å². The zero-order valence-electron chi connectivity index (χ0n) is 8.16. The molecule has 0 saturated carbocycles. The third-order valence-electron chi connectivity index (χ3n) is 1.65. The van der Waals surface area contributed by atoms with Crippen LogP contribution in [-0.4, -0.2) is 24.2 Å². The third-order valence-corrected chi connectivity index (χ3v) is 2.74. The molecule has 0 fully saturated rings. The van der Waals surface area contributed by atoms with Crippen molar-refractivity contribution in [1.29, 1.82) is 0 Å². The van der Waals surface area contributed by atoms with Crippen molar-refractivity contribution < 1.29 is 4.74 Å². The molecule has 0 amide bonds. The van der Waals surface area contributed by atoms with E-state index in [2.05, 4.69) is 15.9 Å². The van der Waals surface area contributed by atoms with Crippen LogP contribution in [0.25, 0.3) is 0 Å². The Hall–Kier alpha value is -0.610. The second-order valence-electron chi connectivity index (χ2n) is 3.04. The molecule has 2 nitrogen and oxygen atoms in total. The Kier molecular flexibility index (Phi) is 4.35. The highest BCUT2D eigenvalue weighted by Crippen LogP contribution is 2.14. The molecule has 0 aromatic heterocycles. The van der Waals surface area contributed by atoms with Gasteiger partial charge in [-0.05, 0) is 29.9 Å². The monoisotopic (exact) mass is 273 g/mol. The highest BCUT2D eigenvalue weighted by Gasteiger charge is 2.01. The topological polar surface area (TPSA) is 12.5 Å². The van der Waals surface area contributed by atoms with Crippen LogP contribution in [0.4, 0.5) is 0 Å². The maximum absolute atomic E-state index is 5.42. The van der Waals surface area contributed by atoms with Gasteiger partial charge in [0.1, 0.15) is 5.75 Å². The molecular formula is C10H12BrNOS. The minimum absolute atomic E-state index is 0.469. The molecule has 0 heterocycles. The standard InChI is InChI=1S/C10H12BrNOS/c1-12(2)10(14)13-9-5-3-8(7-11)4-6-9/h3-6H,7H2,1-2H3. The molecule has 0 aliphatic heterocycles. The lowest BCUT2D eigenvalue weighted by Crippen LogP contribution is -2.24. The second-order valence-corrected chi connectivity index (χ2v) is 3.95. The molecule has 1 aromatic carbocycles. The minimum Gasteiger partial charge on any atom is -0.432 e. The van der Waals surface area contributed by atoms with E-state index in [-0.39, 0.29) is 0 Å². The molecule has 0 aliphatic rings. The zero-order chi connectivity index (χ0) is 10.6. The van der Waals surface area contributed by atoms with Crippen LogP contribution in [0.15, 0.2) is 24.3 Å². The molecule has 0 unspecified atom stereocenters. The summed E-state index contributed by atoms with van der Waals surface area (Å²) in [7, 11) is 3.71. The van der Waals surface area contributed by atoms with Gasteiger partial charge < -0.3 is 9.64 Å². The van der Waals surface area contributed by atoms with Crippen molar-refractivity contribution in [3.63, 3.8) is 0 Å². The Morgan fingerprint density at radius 3 is 2.36 bits per heavy atom. The van der Waals surface area contributed by atoms with E-state index in [1.54, 1.807) is 4.90 Å². The number of halogens is 1. The molecule has 0 aliphatic carbocycles. The van der Waals surface area contributed by atoms with Crippen LogP contribution in [0.2, 0.25) is 0 Å². The molecule has 0 saturated heterocycles. The molecule has 0 bridgehead atoms. The van der Waals surface area contributed by atoms with Gasteiger partial charge in [-0.2, -0.15) is 0 Å². The molecule has 1 aromatic rings. The summed E-state index contributed by atoms with van der Waals surface area (Å²) in [5, 5.41) is 1.32. The summed E-state index contributed by atoms with van der Waals surface area (Å²) in [6, 6.07) is 7.82. The van der Waals surface area contributed by atoms with Gasteiger partial charge in [-0.3, -0.25) is 0 Å². The van der Waals surface area contributed by atoms with Crippen LogP contribution < -0.4 is 4.74 Å². The van der Waals surface area contributed by atoms with Crippen LogP contribution in [0.5, 0.6) is 5.75 Å². The van der Waals surface area contributed by atoms with E-state index < -0.39 is 0 Å². The Morgan fingerprint density at radius 1 is 1.36 bits per heavy atom. The summed E-state index contributed by atoms with van der Waals surface area (Å²) in [4.78, 5) is 1.76. The van der Waals surface area contributed by atoms with Crippen molar-refractivity contribution in [2.24, 2.45) is 0 Å². The lowest BCUT2D eigenvalue weighted by Gasteiger charge is -2.13. The van der Waals surface area contributed by atoms with Gasteiger partial charge in [0.2, 0.25) is 0 Å². The largest absolute Gasteiger partial charge is 0.432 e. The first kappa shape index (κ1) is 11.5. The zero-order valence-corrected chi connectivity index (χ0v) is 10.6. The van der Waals surface area contributed by atoms with E-state index in [0.717, 1.165) is 11.1 Å². The summed E-state index contributed by atoms with van der Waals surface area (Å²) in [5.41, 5.74) is 1.22. The lowest BCUT2D eigenvalue weighted by atomic mass is 10.2. The summed E-state index contributed by atoms with van der Waals surface area (Å²) >= 11 is 8.40. The van der Waals surface area contributed by atoms with Crippen molar-refractivity contribution in [3.05, 3.63) is 29.8 Å². The molecule has 0 radical (unpaired) electrons. The van der Waals surface area contributed by atoms with Crippen molar-refractivity contribution >= 4 is 33.3 Å². The predicted molar refractivity (Wildman–Crippen MR) is 66.0 cm³/mol. The average Bonchev–Trinajstić information content (AvgIpc) is 2.19. The first-order chi connectivity index (χ1) is 6.63. The molecule has 0 N–H and O–H groups in total. The quantitative estimate of drug-likeness (QED) is 0.608. The predicted octanol–water partition coefficient (Wildman–Crippen LogP) is 2.81. The van der Waals surface area contributed by atoms with Crippen molar-refractivity contribution in [1.82, 2.24) is 4.90 Å². The van der Waals surface area contributed by atoms with Crippen molar-refractivity contribution in [3.8, 4) is 5.75 Å². The smallest absolute Gasteiger partial charge is 0.264 e. The van der Waals surface area contributed by atoms with Crippen LogP contribution >= 0.6 is 28.1 Å². The van der Waals surface area contributed by atoms with E-state index in [1.807, 2.05) is 38.4 Å². The number of rotatable bonds is 2. The van der Waals surface area contributed by atoms with Gasteiger partial charge in [0.25, 0.3) is 5.17 Å². The van der Waals surface area contributed by atoms with E-state index in [1.165, 1.54) is 5.56 Å². The van der Waals surface area contributed by atoms with Crippen LogP contribution in [0.3, 0.4) is 0 Å². The van der Waals surface area contributed by atoms with Crippen LogP contribution in [-0.2, 0) is 5.33 Å². The lowest BCUT2D eigenvalue weighted by molar-refractivity contribution is 0.449. The number of hydrogen-bond donors (Lipinski definition) is 0. The Morgan fingerprint density at radius 2 is 1.93 bits per heavy atom. The molecule has 1 rings (SSSR count). The summed E-state index contributed by atoms with van der Waals surface area (Å²) in [6.07, 6.45) is 0. The van der Waals surface area contributed by atoms with Gasteiger partial charge in [-0.25, -0.2) is 0 Å². The normalized spacial score (nSPS) is 9.64. The van der Waals surface area contributed by atoms with E-state index in [0.29, 0.717) is 5.17 Å². The fraction of sp³-hybridized carbons (Fsp3) is 0.300. The third kappa shape index (κ3) is 3.27. The summed E-state index contributed by atoms with van der Waals surface area (Å²) in [6.45, 7) is 0. The fourth-order valence-electron chi connectivity index (χ4n) is 0.839. The first-order valence-electron chi connectivity index (χ1n) is 4.17. The SMILES string of the molecule is CN(C)C(=S)Oc1ccc(CBr)cc1. The van der Waals surface area contributed by atoms with E-state index in [4.69, 9.17) is 17.0 Å². The van der Waals surface area contributed by atoms with Crippen molar-refractivity contribution in [2.75, 3.05) is 14.1 Å². The highest BCUT2D eigenvalue weighted by molar-refractivity contribution is 9.08. The van der Waals surface area contributed by atoms with Gasteiger partial charge in [0.15, 0.2) is 0 Å². The highest BCUT2D eigenvalue weighted by atomic mass is 79.9. The molecule has 76 valence electrons. The molecule has 4 heteroatoms. The Balaban J connectivity index is 2.64. The van der Waals surface area contributed by atoms with E-state index >= 15 is 0 Å². The van der Waals surface area contributed by atoms with Gasteiger partial charge in [0, 0.05) is 19.4 Å². The molecule has 0 spiro atoms. The number of nitrogens with zero attached hydrogens (tertiary/aromatic N) is 1. The van der Waals surface area contributed by atoms with E-state index in [9.17, 15) is 0 Å². The van der Waals surface area contributed by atoms with Gasteiger partial charge >= 0.3 is 0 Å². The minimum atomic E-state index is 0.469. The second kappa shape index (κ2) is 5.32. The number of benzene rings is 1. The maximum Gasteiger partial charge on any atom is 0.264 e. The van der Waals surface area contributed by atoms with Gasteiger partial charge in [0.05, 0.1) is 0 Å². The number of alkyl halides is 1. The Bertz CT molecular complexity index is 310. The summed E-state index contributed by atoms with van der Waals surface area (Å²) < 4.78 is 5.42. The van der Waals surface area contributed by atoms with Gasteiger partial charge in [-0.1, -0.05) is 28.1 Å². The van der Waals surface area contributed by atoms with Gasteiger partial charge in [-0.15, -0.1) is 0 Å². The molecular weight excluding hydrogens is 262 g/mol. The Labute approximate surface area is 98.0 Å². The van der Waals surface area contributed by atoms with Crippen LogP contribution in [0, 0.1) is 0 Å². The molecule has 0 atom stereocenters. The number of hydrogen-bond acceptors (Lipinski definition) is 2. The molecule has 14 heavy (non-hydrogen) atoms. The number of thiocarbonyl (C=S) groups is 1.